The van der Waals surface area contributed by atoms with Gasteiger partial charge in [0.25, 0.3) is 0 Å². The summed E-state index contributed by atoms with van der Waals surface area (Å²) < 4.78 is 10.6. The van der Waals surface area contributed by atoms with E-state index in [2.05, 4.69) is 15.3 Å². The first-order chi connectivity index (χ1) is 11.7. The number of hydrogen-bond acceptors (Lipinski definition) is 6. The van der Waals surface area contributed by atoms with Crippen LogP contribution in [0.4, 0.5) is 5.82 Å². The van der Waals surface area contributed by atoms with Gasteiger partial charge in [0.05, 0.1) is 14.2 Å². The van der Waals surface area contributed by atoms with Gasteiger partial charge < -0.3 is 20.5 Å². The van der Waals surface area contributed by atoms with E-state index in [1.165, 1.54) is 0 Å². The zero-order chi connectivity index (χ0) is 16.9. The van der Waals surface area contributed by atoms with E-state index in [-0.39, 0.29) is 24.8 Å². The number of nitrogens with two attached hydrogens (primary N) is 1. The Morgan fingerprint density at radius 3 is 2.27 bits per heavy atom. The molecule has 0 atom stereocenters. The van der Waals surface area contributed by atoms with Gasteiger partial charge in [-0.1, -0.05) is 0 Å². The number of hydrogen-bond donors (Lipinski definition) is 2. The summed E-state index contributed by atoms with van der Waals surface area (Å²) in [6, 6.07) is 8.26. The fourth-order valence-corrected chi connectivity index (χ4v) is 2.94. The monoisotopic (exact) mass is 400 g/mol. The minimum absolute atomic E-state index is 0. The Morgan fingerprint density at radius 1 is 1.04 bits per heavy atom. The molecule has 6 nitrogen and oxygen atoms in total. The predicted molar refractivity (Wildman–Crippen MR) is 108 cm³/mol. The molecule has 26 heavy (non-hydrogen) atoms. The van der Waals surface area contributed by atoms with E-state index in [9.17, 15) is 0 Å². The van der Waals surface area contributed by atoms with Crippen LogP contribution in [0.3, 0.4) is 0 Å². The zero-order valence-electron chi connectivity index (χ0n) is 15.0. The molecule has 1 heterocycles. The lowest BCUT2D eigenvalue weighted by Gasteiger charge is -2.31. The van der Waals surface area contributed by atoms with Crippen molar-refractivity contribution in [3.8, 4) is 11.5 Å². The first kappa shape index (κ1) is 22.3. The number of rotatable bonds is 7. The average molecular weight is 401 g/mol. The molecule has 1 aliphatic rings. The topological polar surface area (TPSA) is 82.3 Å². The number of aromatic nitrogens is 2. The van der Waals surface area contributed by atoms with Crippen molar-refractivity contribution in [2.24, 2.45) is 5.73 Å². The number of nitrogens with zero attached hydrogens (tertiary/aromatic N) is 2. The summed E-state index contributed by atoms with van der Waals surface area (Å²) in [5.74, 6) is 2.94. The van der Waals surface area contributed by atoms with Crippen molar-refractivity contribution in [3.63, 3.8) is 0 Å². The van der Waals surface area contributed by atoms with Crippen molar-refractivity contribution < 1.29 is 9.47 Å². The number of methoxy groups -OCH3 is 2. The number of anilines is 1. The van der Waals surface area contributed by atoms with Crippen LogP contribution in [0.5, 0.6) is 11.5 Å². The molecule has 0 bridgehead atoms. The minimum atomic E-state index is 0. The van der Waals surface area contributed by atoms with Crippen LogP contribution in [0.1, 0.15) is 30.0 Å². The highest BCUT2D eigenvalue weighted by Gasteiger charge is 2.28. The molecule has 3 N–H and O–H groups in total. The molecule has 0 aliphatic heterocycles. The second-order valence-electron chi connectivity index (χ2n) is 6.15. The molecular weight excluding hydrogens is 375 g/mol. The van der Waals surface area contributed by atoms with Gasteiger partial charge in [0.2, 0.25) is 0 Å². The minimum Gasteiger partial charge on any atom is -0.497 e. The largest absolute Gasteiger partial charge is 0.497 e. The number of nitrogens with one attached hydrogen (secondary N) is 1. The summed E-state index contributed by atoms with van der Waals surface area (Å²) >= 11 is 0. The van der Waals surface area contributed by atoms with E-state index in [0.29, 0.717) is 12.0 Å². The van der Waals surface area contributed by atoms with Crippen LogP contribution in [0.2, 0.25) is 0 Å². The lowest BCUT2D eigenvalue weighted by atomic mass is 9.79. The highest BCUT2D eigenvalue weighted by molar-refractivity contribution is 5.85. The lowest BCUT2D eigenvalue weighted by molar-refractivity contribution is 0.345. The summed E-state index contributed by atoms with van der Waals surface area (Å²) in [6.45, 7) is 0.775. The fourth-order valence-electron chi connectivity index (χ4n) is 2.94. The summed E-state index contributed by atoms with van der Waals surface area (Å²) in [7, 11) is 3.32. The Bertz CT molecular complexity index is 674. The molecule has 1 aliphatic carbocycles. The highest BCUT2D eigenvalue weighted by atomic mass is 35.5. The molecule has 1 aromatic heterocycles. The van der Waals surface area contributed by atoms with Gasteiger partial charge in [-0.3, -0.25) is 0 Å². The van der Waals surface area contributed by atoms with Crippen molar-refractivity contribution in [2.45, 2.75) is 31.2 Å². The molecule has 0 saturated heterocycles. The molecule has 1 aromatic carbocycles. The van der Waals surface area contributed by atoms with Crippen molar-refractivity contribution >= 4 is 30.6 Å². The lowest BCUT2D eigenvalue weighted by Crippen LogP contribution is -2.35. The van der Waals surface area contributed by atoms with E-state index in [1.54, 1.807) is 20.5 Å². The highest BCUT2D eigenvalue weighted by Crippen LogP contribution is 2.34. The molecule has 0 radical (unpaired) electrons. The van der Waals surface area contributed by atoms with Crippen LogP contribution in [-0.4, -0.2) is 36.8 Å². The quantitative estimate of drug-likeness (QED) is 0.742. The maximum Gasteiger partial charge on any atom is 0.129 e. The zero-order valence-corrected chi connectivity index (χ0v) is 16.6. The molecule has 3 rings (SSSR count). The third-order valence-corrected chi connectivity index (χ3v) is 4.41. The second-order valence-corrected chi connectivity index (χ2v) is 6.15. The van der Waals surface area contributed by atoms with Crippen LogP contribution in [-0.2, 0) is 6.42 Å². The van der Waals surface area contributed by atoms with E-state index >= 15 is 0 Å². The molecule has 1 saturated carbocycles. The maximum absolute atomic E-state index is 5.86. The molecule has 8 heteroatoms. The first-order valence-corrected chi connectivity index (χ1v) is 8.21. The predicted octanol–water partition coefficient (Wildman–Crippen LogP) is 3.20. The normalized spacial score (nSPS) is 18.0. The van der Waals surface area contributed by atoms with E-state index in [1.807, 2.05) is 24.3 Å². The van der Waals surface area contributed by atoms with Gasteiger partial charge >= 0.3 is 0 Å². The number of benzene rings is 1. The van der Waals surface area contributed by atoms with Gasteiger partial charge in [-0.05, 0) is 37.0 Å². The maximum atomic E-state index is 5.86. The molecule has 0 spiro atoms. The number of ether oxygens (including phenoxy) is 2. The SMILES string of the molecule is COc1cc(CCNc2cc(C3CC(N)C3)ncn2)cc(OC)c1.Cl.Cl. The summed E-state index contributed by atoms with van der Waals surface area (Å²) in [5, 5.41) is 3.36. The molecular formula is C18H26Cl2N4O2. The van der Waals surface area contributed by atoms with Crippen molar-refractivity contribution in [3.05, 3.63) is 41.9 Å². The Balaban J connectivity index is 0.00000169. The van der Waals surface area contributed by atoms with Gasteiger partial charge in [-0.15, -0.1) is 24.8 Å². The van der Waals surface area contributed by atoms with Crippen molar-refractivity contribution in [2.75, 3.05) is 26.1 Å². The summed E-state index contributed by atoms with van der Waals surface area (Å²) in [6.07, 6.45) is 4.50. The second kappa shape index (κ2) is 10.4. The molecule has 0 amide bonds. The third-order valence-electron chi connectivity index (χ3n) is 4.41. The van der Waals surface area contributed by atoms with E-state index in [0.717, 1.165) is 54.4 Å². The Morgan fingerprint density at radius 2 is 1.69 bits per heavy atom. The third kappa shape index (κ3) is 5.62. The Labute approximate surface area is 166 Å². The molecule has 2 aromatic rings. The molecule has 144 valence electrons. The standard InChI is InChI=1S/C18H24N4O2.2ClH/c1-23-15-5-12(6-16(9-15)24-2)3-4-20-18-10-17(21-11-22-18)13-7-14(19)8-13;;/h5-6,9-11,13-14H,3-4,7-8,19H2,1-2H3,(H,20,21,22);2*1H. The van der Waals surface area contributed by atoms with Gasteiger partial charge in [0, 0.05) is 36.3 Å². The van der Waals surface area contributed by atoms with Crippen molar-refractivity contribution in [1.29, 1.82) is 0 Å². The summed E-state index contributed by atoms with van der Waals surface area (Å²) in [4.78, 5) is 8.66. The van der Waals surface area contributed by atoms with E-state index in [4.69, 9.17) is 15.2 Å². The number of halogens is 2. The van der Waals surface area contributed by atoms with Gasteiger partial charge in [-0.2, -0.15) is 0 Å². The van der Waals surface area contributed by atoms with Gasteiger partial charge in [0.15, 0.2) is 0 Å². The summed E-state index contributed by atoms with van der Waals surface area (Å²) in [5.41, 5.74) is 8.09. The van der Waals surface area contributed by atoms with Crippen LogP contribution < -0.4 is 20.5 Å². The Kier molecular flexibility index (Phi) is 8.92. The Hall–Kier alpha value is -1.76. The van der Waals surface area contributed by atoms with Crippen LogP contribution in [0.25, 0.3) is 0 Å². The molecule has 1 fully saturated rings. The van der Waals surface area contributed by atoms with E-state index < -0.39 is 0 Å². The van der Waals surface area contributed by atoms with Crippen LogP contribution in [0, 0.1) is 0 Å². The first-order valence-electron chi connectivity index (χ1n) is 8.21. The van der Waals surface area contributed by atoms with Crippen LogP contribution in [0.15, 0.2) is 30.6 Å². The van der Waals surface area contributed by atoms with Gasteiger partial charge in [-0.25, -0.2) is 9.97 Å². The van der Waals surface area contributed by atoms with Gasteiger partial charge in [0.1, 0.15) is 23.6 Å². The fraction of sp³-hybridized carbons (Fsp3) is 0.444. The van der Waals surface area contributed by atoms with Crippen molar-refractivity contribution in [1.82, 2.24) is 9.97 Å². The van der Waals surface area contributed by atoms with Crippen LogP contribution >= 0.6 is 24.8 Å². The molecule has 0 unspecified atom stereocenters. The smallest absolute Gasteiger partial charge is 0.129 e. The average Bonchev–Trinajstić information content (AvgIpc) is 2.59.